The first-order chi connectivity index (χ1) is 19.6. The van der Waals surface area contributed by atoms with Gasteiger partial charge in [0.15, 0.2) is 6.19 Å². The number of amides is 2. The molecule has 1 unspecified atom stereocenters. The number of hydrogen-bond donors (Lipinski definition) is 1. The fraction of sp³-hybridized carbons (Fsp3) is 0.481. The number of aromatic nitrogens is 1. The van der Waals surface area contributed by atoms with Crippen molar-refractivity contribution in [2.75, 3.05) is 11.4 Å². The molecule has 2 aliphatic rings. The normalized spacial score (nSPS) is 22.5. The molecule has 0 bridgehead atoms. The lowest BCUT2D eigenvalue weighted by molar-refractivity contribution is -0.130. The van der Waals surface area contributed by atoms with Gasteiger partial charge in [0, 0.05) is 42.9 Å². The molecule has 1 aliphatic carbocycles. The first-order valence-electron chi connectivity index (χ1n) is 13.2. The van der Waals surface area contributed by atoms with E-state index in [0.717, 1.165) is 28.3 Å². The van der Waals surface area contributed by atoms with E-state index in [0.29, 0.717) is 18.6 Å². The van der Waals surface area contributed by atoms with E-state index in [9.17, 15) is 47.5 Å². The summed E-state index contributed by atoms with van der Waals surface area (Å²) in [4.78, 5) is 31.5. The number of pyridine rings is 1. The number of likely N-dealkylation sites (tertiary alicyclic amines) is 1. The number of alkyl halides is 2. The highest BCUT2D eigenvalue weighted by Gasteiger charge is 2.65. The highest BCUT2D eigenvalue weighted by Crippen LogP contribution is 3.02. The molecule has 2 amide bonds. The number of benzene rings is 1. The maximum absolute atomic E-state index is 14.4. The van der Waals surface area contributed by atoms with E-state index in [-0.39, 0.29) is 37.1 Å². The fourth-order valence-corrected chi connectivity index (χ4v) is 6.18. The van der Waals surface area contributed by atoms with Gasteiger partial charge in [-0.2, -0.15) is 5.26 Å². The van der Waals surface area contributed by atoms with Crippen LogP contribution in [0.4, 0.5) is 38.3 Å². The molecule has 1 aliphatic heterocycles. The van der Waals surface area contributed by atoms with Gasteiger partial charge >= 0.3 is 10.2 Å². The minimum atomic E-state index is -10.1. The molecule has 236 valence electrons. The van der Waals surface area contributed by atoms with Crippen LogP contribution in [-0.2, 0) is 9.59 Å². The third-order valence-corrected chi connectivity index (χ3v) is 8.98. The van der Waals surface area contributed by atoms with E-state index in [2.05, 4.69) is 10.3 Å². The number of carbonyl (C=O) groups excluding carboxylic acids is 2. The Morgan fingerprint density at radius 3 is 2.21 bits per heavy atom. The second-order valence-electron chi connectivity index (χ2n) is 11.6. The molecule has 1 saturated carbocycles. The van der Waals surface area contributed by atoms with Crippen LogP contribution < -0.4 is 10.2 Å². The van der Waals surface area contributed by atoms with Crippen LogP contribution >= 0.6 is 10.2 Å². The summed E-state index contributed by atoms with van der Waals surface area (Å²) in [5, 5.41) is 12.3. The molecule has 7 nitrogen and oxygen atoms in total. The summed E-state index contributed by atoms with van der Waals surface area (Å²) in [6.45, 7) is 3.44. The van der Waals surface area contributed by atoms with Crippen LogP contribution in [0.5, 0.6) is 0 Å². The average molecular weight is 640 g/mol. The molecule has 2 aromatic rings. The van der Waals surface area contributed by atoms with E-state index in [1.165, 1.54) is 0 Å². The van der Waals surface area contributed by atoms with Gasteiger partial charge in [-0.15, -0.1) is 0 Å². The Bertz CT molecular complexity index is 1440. The van der Waals surface area contributed by atoms with Crippen molar-refractivity contribution in [1.82, 2.24) is 15.2 Å². The second kappa shape index (κ2) is 10.2. The molecule has 43 heavy (non-hydrogen) atoms. The van der Waals surface area contributed by atoms with Gasteiger partial charge in [0.05, 0.1) is 6.20 Å². The SMILES string of the molecule is CC1(C)CCN(C#N)[C@H]1C(=O)N(c1ccc(S(F)(F)(F)(F)F)cc1)C(C(=O)NC1CCC(F)(F)CC1)c1cncc(F)c1. The summed E-state index contributed by atoms with van der Waals surface area (Å²) in [7, 11) is -10.1. The summed E-state index contributed by atoms with van der Waals surface area (Å²) >= 11 is 0. The third kappa shape index (κ3) is 7.14. The predicted molar refractivity (Wildman–Crippen MR) is 142 cm³/mol. The van der Waals surface area contributed by atoms with Crippen LogP contribution in [0.15, 0.2) is 47.6 Å². The Morgan fingerprint density at radius 2 is 1.67 bits per heavy atom. The van der Waals surface area contributed by atoms with Gasteiger partial charge in [-0.25, -0.2) is 13.2 Å². The van der Waals surface area contributed by atoms with Crippen molar-refractivity contribution in [2.45, 2.75) is 74.9 Å². The topological polar surface area (TPSA) is 89.3 Å². The molecular formula is C27H29F8N5O2S. The van der Waals surface area contributed by atoms with Crippen molar-refractivity contribution in [3.05, 3.63) is 54.1 Å². The zero-order valence-corrected chi connectivity index (χ0v) is 23.9. The minimum Gasteiger partial charge on any atom is -0.351 e. The van der Waals surface area contributed by atoms with Gasteiger partial charge < -0.3 is 5.32 Å². The van der Waals surface area contributed by atoms with Crippen molar-refractivity contribution >= 4 is 27.7 Å². The Morgan fingerprint density at radius 1 is 1.07 bits per heavy atom. The highest BCUT2D eigenvalue weighted by atomic mass is 32.5. The van der Waals surface area contributed by atoms with Crippen molar-refractivity contribution < 1.29 is 42.2 Å². The van der Waals surface area contributed by atoms with E-state index < -0.39 is 80.7 Å². The van der Waals surface area contributed by atoms with Crippen LogP contribution in [-0.4, -0.2) is 46.2 Å². The predicted octanol–water partition coefficient (Wildman–Crippen LogP) is 7.23. The number of nitriles is 1. The molecule has 4 rings (SSSR count). The molecule has 1 aromatic heterocycles. The molecule has 2 heterocycles. The van der Waals surface area contributed by atoms with Crippen molar-refractivity contribution in [2.24, 2.45) is 5.41 Å². The van der Waals surface area contributed by atoms with Crippen LogP contribution in [0, 0.1) is 22.7 Å². The Kier molecular flexibility index (Phi) is 7.69. The lowest BCUT2D eigenvalue weighted by atomic mass is 9.83. The summed E-state index contributed by atoms with van der Waals surface area (Å²) in [6.07, 6.45) is 2.74. The van der Waals surface area contributed by atoms with Crippen molar-refractivity contribution in [3.8, 4) is 6.19 Å². The number of hydrogen-bond acceptors (Lipinski definition) is 5. The van der Waals surface area contributed by atoms with E-state index in [1.807, 2.05) is 6.19 Å². The van der Waals surface area contributed by atoms with E-state index >= 15 is 0 Å². The smallest absolute Gasteiger partial charge is 0.310 e. The molecule has 1 saturated heterocycles. The Labute approximate surface area is 242 Å². The number of carbonyl (C=O) groups is 2. The standard InChI is InChI=1S/C27H29F8N5O2S/c1-26(2)11-12-39(16-36)23(26)25(42)40(20-3-5-21(6-4-20)43(31,32,33,34)35)22(17-13-18(28)15-37-14-17)24(41)38-19-7-9-27(29,30)10-8-19/h3-6,13-15,19,22-23H,7-12H2,1-2H3,(H,38,41)/t22?,23-/m0/s1. The Hall–Kier alpha value is -3.61. The minimum absolute atomic E-state index is 0.0705. The summed E-state index contributed by atoms with van der Waals surface area (Å²) in [6, 6.07) is -1.70. The van der Waals surface area contributed by atoms with Crippen LogP contribution in [0.3, 0.4) is 0 Å². The second-order valence-corrected chi connectivity index (χ2v) is 14.0. The molecular weight excluding hydrogens is 610 g/mol. The van der Waals surface area contributed by atoms with E-state index in [4.69, 9.17) is 0 Å². The molecule has 16 heteroatoms. The van der Waals surface area contributed by atoms with E-state index in [1.54, 1.807) is 13.8 Å². The largest absolute Gasteiger partial charge is 0.351 e. The maximum Gasteiger partial charge on any atom is 0.310 e. The van der Waals surface area contributed by atoms with Crippen LogP contribution in [0.2, 0.25) is 0 Å². The fourth-order valence-electron chi connectivity index (χ4n) is 5.53. The van der Waals surface area contributed by atoms with Gasteiger partial charge in [-0.05, 0) is 55.0 Å². The number of nitrogens with one attached hydrogen (secondary N) is 1. The number of halogens is 8. The molecule has 1 N–H and O–H groups in total. The van der Waals surface area contributed by atoms with Gasteiger partial charge in [0.2, 0.25) is 11.8 Å². The highest BCUT2D eigenvalue weighted by molar-refractivity contribution is 8.45. The van der Waals surface area contributed by atoms with Crippen LogP contribution in [0.25, 0.3) is 0 Å². The zero-order valence-electron chi connectivity index (χ0n) is 23.1. The average Bonchev–Trinajstić information content (AvgIpc) is 3.20. The summed E-state index contributed by atoms with van der Waals surface area (Å²) < 4.78 is 109. The van der Waals surface area contributed by atoms with Crippen LogP contribution in [0.1, 0.15) is 57.6 Å². The maximum atomic E-state index is 14.4. The number of rotatable bonds is 7. The van der Waals surface area contributed by atoms with Crippen molar-refractivity contribution in [3.63, 3.8) is 0 Å². The van der Waals surface area contributed by atoms with Crippen molar-refractivity contribution in [1.29, 1.82) is 5.26 Å². The molecule has 1 aromatic carbocycles. The molecule has 2 fully saturated rings. The molecule has 0 radical (unpaired) electrons. The Balaban J connectivity index is 1.86. The molecule has 0 spiro atoms. The van der Waals surface area contributed by atoms with Gasteiger partial charge in [0.25, 0.3) is 5.91 Å². The third-order valence-electron chi connectivity index (χ3n) is 7.82. The molecule has 2 atom stereocenters. The monoisotopic (exact) mass is 639 g/mol. The van der Waals surface area contributed by atoms with Gasteiger partial charge in [0.1, 0.15) is 22.8 Å². The summed E-state index contributed by atoms with van der Waals surface area (Å²) in [5.41, 5.74) is -1.57. The summed E-state index contributed by atoms with van der Waals surface area (Å²) in [5.74, 6) is -5.82. The zero-order chi connectivity index (χ0) is 32.1. The number of anilines is 1. The first kappa shape index (κ1) is 32.3. The van der Waals surface area contributed by atoms with Gasteiger partial charge in [-0.1, -0.05) is 33.3 Å². The quantitative estimate of drug-likeness (QED) is 0.255. The first-order valence-corrected chi connectivity index (χ1v) is 15.2. The van der Waals surface area contributed by atoms with Gasteiger partial charge in [-0.3, -0.25) is 24.4 Å². The number of nitrogens with zero attached hydrogens (tertiary/aromatic N) is 4. The lowest BCUT2D eigenvalue weighted by Gasteiger charge is -2.41. The lowest BCUT2D eigenvalue weighted by Crippen LogP contribution is -2.54.